The van der Waals surface area contributed by atoms with Crippen molar-refractivity contribution in [2.75, 3.05) is 13.1 Å². The summed E-state index contributed by atoms with van der Waals surface area (Å²) in [7, 11) is -3.69. The van der Waals surface area contributed by atoms with Gasteiger partial charge in [0.2, 0.25) is 10.0 Å². The van der Waals surface area contributed by atoms with Crippen LogP contribution < -0.4 is 10.0 Å². The number of nitrogens with zero attached hydrogens (tertiary/aromatic N) is 1. The zero-order valence-electron chi connectivity index (χ0n) is 10.8. The van der Waals surface area contributed by atoms with Gasteiger partial charge in [0.15, 0.2) is 0 Å². The number of rotatable bonds is 6. The molecular weight excluding hydrogens is 286 g/mol. The summed E-state index contributed by atoms with van der Waals surface area (Å²) < 4.78 is 26.5. The molecule has 19 heavy (non-hydrogen) atoms. The molecule has 104 valence electrons. The first kappa shape index (κ1) is 15.9. The lowest BCUT2D eigenvalue weighted by Crippen LogP contribution is -2.34. The Morgan fingerprint density at radius 2 is 2.05 bits per heavy atom. The summed E-state index contributed by atoms with van der Waals surface area (Å²) in [5.74, 6) is 0. The van der Waals surface area contributed by atoms with Crippen LogP contribution in [0.4, 0.5) is 0 Å². The van der Waals surface area contributed by atoms with Gasteiger partial charge in [-0.3, -0.25) is 0 Å². The number of sulfonamides is 1. The second-order valence-electron chi connectivity index (χ2n) is 4.26. The largest absolute Gasteiger partial charge is 0.313 e. The summed E-state index contributed by atoms with van der Waals surface area (Å²) in [6.45, 7) is 4.73. The zero-order chi connectivity index (χ0) is 14.5. The van der Waals surface area contributed by atoms with Gasteiger partial charge in [0.05, 0.1) is 16.7 Å². The molecule has 0 radical (unpaired) electrons. The van der Waals surface area contributed by atoms with Crippen molar-refractivity contribution in [2.45, 2.75) is 24.8 Å². The van der Waals surface area contributed by atoms with Crippen LogP contribution in [0, 0.1) is 11.3 Å². The molecule has 7 heteroatoms. The van der Waals surface area contributed by atoms with E-state index in [4.69, 9.17) is 16.9 Å². The van der Waals surface area contributed by atoms with E-state index < -0.39 is 10.0 Å². The Kier molecular flexibility index (Phi) is 5.76. The van der Waals surface area contributed by atoms with E-state index in [0.29, 0.717) is 6.54 Å². The van der Waals surface area contributed by atoms with Gasteiger partial charge in [0.25, 0.3) is 0 Å². The first-order valence-electron chi connectivity index (χ1n) is 5.79. The smallest absolute Gasteiger partial charge is 0.242 e. The van der Waals surface area contributed by atoms with Gasteiger partial charge >= 0.3 is 0 Å². The highest BCUT2D eigenvalue weighted by molar-refractivity contribution is 7.89. The molecule has 0 aliphatic rings. The van der Waals surface area contributed by atoms with Crippen molar-refractivity contribution in [3.63, 3.8) is 0 Å². The molecule has 0 bridgehead atoms. The molecule has 0 saturated carbocycles. The van der Waals surface area contributed by atoms with Crippen LogP contribution in [-0.4, -0.2) is 27.5 Å². The molecule has 0 heterocycles. The Labute approximate surface area is 118 Å². The molecule has 0 unspecified atom stereocenters. The molecule has 1 rings (SSSR count). The molecule has 0 saturated heterocycles. The highest BCUT2D eigenvalue weighted by atomic mass is 35.5. The standard InChI is InChI=1S/C12H16ClN3O2S/c1-9(2)15-5-6-16-19(17,18)12-7-10(8-14)3-4-11(12)13/h3-4,7,9,15-16H,5-6H2,1-2H3. The van der Waals surface area contributed by atoms with Gasteiger partial charge in [0, 0.05) is 19.1 Å². The molecule has 5 nitrogen and oxygen atoms in total. The molecule has 0 fully saturated rings. The predicted octanol–water partition coefficient (Wildman–Crippen LogP) is 1.49. The maximum atomic E-state index is 12.0. The van der Waals surface area contributed by atoms with Gasteiger partial charge in [-0.1, -0.05) is 25.4 Å². The van der Waals surface area contributed by atoms with E-state index >= 15 is 0 Å². The number of nitrogens with one attached hydrogen (secondary N) is 2. The van der Waals surface area contributed by atoms with Gasteiger partial charge < -0.3 is 5.32 Å². The molecule has 0 aliphatic heterocycles. The molecule has 1 aromatic rings. The Morgan fingerprint density at radius 3 is 2.63 bits per heavy atom. The van der Waals surface area contributed by atoms with Crippen LogP contribution in [0.5, 0.6) is 0 Å². The van der Waals surface area contributed by atoms with Crippen molar-refractivity contribution in [3.05, 3.63) is 28.8 Å². The molecule has 0 aliphatic carbocycles. The van der Waals surface area contributed by atoms with Crippen LogP contribution in [0.15, 0.2) is 23.1 Å². The van der Waals surface area contributed by atoms with E-state index in [-0.39, 0.29) is 28.1 Å². The topological polar surface area (TPSA) is 82.0 Å². The van der Waals surface area contributed by atoms with E-state index in [9.17, 15) is 8.42 Å². The minimum Gasteiger partial charge on any atom is -0.313 e. The molecule has 0 spiro atoms. The molecule has 2 N–H and O–H groups in total. The van der Waals surface area contributed by atoms with Gasteiger partial charge in [-0.25, -0.2) is 13.1 Å². The Balaban J connectivity index is 2.80. The van der Waals surface area contributed by atoms with Crippen molar-refractivity contribution < 1.29 is 8.42 Å². The molecule has 0 atom stereocenters. The maximum absolute atomic E-state index is 12.0. The van der Waals surface area contributed by atoms with E-state index in [1.807, 2.05) is 19.9 Å². The fraction of sp³-hybridized carbons (Fsp3) is 0.417. The Bertz CT molecular complexity index is 579. The van der Waals surface area contributed by atoms with Crippen LogP contribution in [0.3, 0.4) is 0 Å². The monoisotopic (exact) mass is 301 g/mol. The van der Waals surface area contributed by atoms with Crippen molar-refractivity contribution in [3.8, 4) is 6.07 Å². The van der Waals surface area contributed by atoms with Crippen molar-refractivity contribution >= 4 is 21.6 Å². The Morgan fingerprint density at radius 1 is 1.37 bits per heavy atom. The highest BCUT2D eigenvalue weighted by Gasteiger charge is 2.17. The molecule has 0 amide bonds. The average Bonchev–Trinajstić information content (AvgIpc) is 2.35. The third-order valence-corrected chi connectivity index (χ3v) is 4.26. The number of hydrogen-bond acceptors (Lipinski definition) is 4. The SMILES string of the molecule is CC(C)NCCNS(=O)(=O)c1cc(C#N)ccc1Cl. The zero-order valence-corrected chi connectivity index (χ0v) is 12.3. The normalized spacial score (nSPS) is 11.5. The minimum atomic E-state index is -3.69. The number of nitriles is 1. The highest BCUT2D eigenvalue weighted by Crippen LogP contribution is 2.22. The number of benzene rings is 1. The van der Waals surface area contributed by atoms with Gasteiger partial charge in [-0.05, 0) is 18.2 Å². The van der Waals surface area contributed by atoms with Crippen LogP contribution in [0.25, 0.3) is 0 Å². The minimum absolute atomic E-state index is 0.0715. The lowest BCUT2D eigenvalue weighted by molar-refractivity contribution is 0.559. The van der Waals surface area contributed by atoms with Crippen molar-refractivity contribution in [1.29, 1.82) is 5.26 Å². The van der Waals surface area contributed by atoms with E-state index in [2.05, 4.69) is 10.0 Å². The Hall–Kier alpha value is -1.13. The van der Waals surface area contributed by atoms with E-state index in [0.717, 1.165) is 0 Å². The van der Waals surface area contributed by atoms with Gasteiger partial charge in [0.1, 0.15) is 4.90 Å². The second-order valence-corrected chi connectivity index (χ2v) is 6.41. The second kappa shape index (κ2) is 6.87. The van der Waals surface area contributed by atoms with Crippen LogP contribution in [0.2, 0.25) is 5.02 Å². The molecular formula is C12H16ClN3O2S. The van der Waals surface area contributed by atoms with Crippen LogP contribution in [-0.2, 0) is 10.0 Å². The third-order valence-electron chi connectivity index (χ3n) is 2.32. The number of hydrogen-bond donors (Lipinski definition) is 2. The average molecular weight is 302 g/mol. The molecule has 0 aromatic heterocycles. The summed E-state index contributed by atoms with van der Waals surface area (Å²) >= 11 is 5.86. The summed E-state index contributed by atoms with van der Waals surface area (Å²) in [6.07, 6.45) is 0. The lowest BCUT2D eigenvalue weighted by atomic mass is 10.2. The van der Waals surface area contributed by atoms with Gasteiger partial charge in [-0.2, -0.15) is 5.26 Å². The maximum Gasteiger partial charge on any atom is 0.242 e. The van der Waals surface area contributed by atoms with Crippen LogP contribution >= 0.6 is 11.6 Å². The summed E-state index contributed by atoms with van der Waals surface area (Å²) in [4.78, 5) is -0.0715. The van der Waals surface area contributed by atoms with Crippen molar-refractivity contribution in [2.24, 2.45) is 0 Å². The third kappa shape index (κ3) is 4.80. The quantitative estimate of drug-likeness (QED) is 0.780. The predicted molar refractivity (Wildman–Crippen MR) is 74.5 cm³/mol. The van der Waals surface area contributed by atoms with Crippen molar-refractivity contribution in [1.82, 2.24) is 10.0 Å². The van der Waals surface area contributed by atoms with E-state index in [1.165, 1.54) is 18.2 Å². The van der Waals surface area contributed by atoms with E-state index in [1.54, 1.807) is 0 Å². The lowest BCUT2D eigenvalue weighted by Gasteiger charge is -2.10. The fourth-order valence-electron chi connectivity index (χ4n) is 1.40. The fourth-order valence-corrected chi connectivity index (χ4v) is 2.96. The van der Waals surface area contributed by atoms with Crippen LogP contribution in [0.1, 0.15) is 19.4 Å². The van der Waals surface area contributed by atoms with Gasteiger partial charge in [-0.15, -0.1) is 0 Å². The summed E-state index contributed by atoms with van der Waals surface area (Å²) in [5, 5.41) is 12.0. The summed E-state index contributed by atoms with van der Waals surface area (Å²) in [5.41, 5.74) is 0.255. The first-order valence-corrected chi connectivity index (χ1v) is 7.65. The molecule has 1 aromatic carbocycles. The number of halogens is 1. The summed E-state index contributed by atoms with van der Waals surface area (Å²) in [6, 6.07) is 6.31. The first-order chi connectivity index (χ1) is 8.86.